The molecule has 10 heteroatoms. The summed E-state index contributed by atoms with van der Waals surface area (Å²) in [6, 6.07) is 33.6. The molecule has 1 atom stereocenters. The van der Waals surface area contributed by atoms with Crippen molar-refractivity contribution in [3.8, 4) is 22.5 Å². The second-order valence-corrected chi connectivity index (χ2v) is 29.5. The van der Waals surface area contributed by atoms with Crippen LogP contribution in [0, 0.1) is 51.7 Å². The van der Waals surface area contributed by atoms with Gasteiger partial charge in [0.2, 0.25) is 0 Å². The predicted octanol–water partition coefficient (Wildman–Crippen LogP) is 14.9. The topological polar surface area (TPSA) is 63.1 Å². The van der Waals surface area contributed by atoms with Crippen molar-refractivity contribution in [2.75, 3.05) is 0 Å². The van der Waals surface area contributed by atoms with Gasteiger partial charge in [-0.2, -0.15) is 13.2 Å². The second kappa shape index (κ2) is 23.5. The first-order chi connectivity index (χ1) is 29.9. The maximum atomic E-state index is 12.3. The Morgan fingerprint density at radius 2 is 1.11 bits per heavy atom. The van der Waals surface area contributed by atoms with Crippen LogP contribution in [0.2, 0.25) is 38.3 Å². The van der Waals surface area contributed by atoms with Gasteiger partial charge in [0.25, 0.3) is 0 Å². The number of allylic oxidation sites excluding steroid dienone is 2. The monoisotopic (exact) mass is 1100 g/mol. The Hall–Kier alpha value is -4.22. The molecule has 0 aliphatic heterocycles. The zero-order valence-electron chi connectivity index (χ0n) is 40.9. The van der Waals surface area contributed by atoms with Crippen LogP contribution in [0.4, 0.5) is 13.2 Å². The Kier molecular flexibility index (Phi) is 19.9. The number of carbonyl (C=O) groups excluding carboxylic acids is 1. The average molecular weight is 1100 g/mol. The molecule has 6 rings (SSSR count). The third-order valence-electron chi connectivity index (χ3n) is 12.5. The molecule has 351 valence electrons. The summed E-state index contributed by atoms with van der Waals surface area (Å²) >= 11 is 0. The van der Waals surface area contributed by atoms with Gasteiger partial charge in [-0.1, -0.05) is 142 Å². The van der Waals surface area contributed by atoms with Crippen LogP contribution in [0.3, 0.4) is 0 Å². The van der Waals surface area contributed by atoms with Crippen molar-refractivity contribution in [1.82, 2.24) is 9.97 Å². The zero-order chi connectivity index (χ0) is 47.7. The van der Waals surface area contributed by atoms with Gasteiger partial charge in [0.05, 0.1) is 28.3 Å². The molecule has 0 fully saturated rings. The van der Waals surface area contributed by atoms with Gasteiger partial charge in [0.1, 0.15) is 0 Å². The van der Waals surface area contributed by atoms with Gasteiger partial charge in [-0.15, -0.1) is 69.8 Å². The molecule has 2 aromatic heterocycles. The molecule has 65 heavy (non-hydrogen) atoms. The Balaban J connectivity index is 0.000000260. The van der Waals surface area contributed by atoms with Gasteiger partial charge in [0.15, 0.2) is 5.78 Å². The third-order valence-corrected chi connectivity index (χ3v) is 19.2. The first kappa shape index (κ1) is 55.1. The quantitative estimate of drug-likeness (QED) is 0.0574. The predicted molar refractivity (Wildman–Crippen MR) is 270 cm³/mol. The van der Waals surface area contributed by atoms with Crippen LogP contribution < -0.4 is 10.4 Å². The van der Waals surface area contributed by atoms with Gasteiger partial charge in [0, 0.05) is 50.4 Å². The van der Waals surface area contributed by atoms with Crippen molar-refractivity contribution in [2.45, 2.75) is 132 Å². The van der Waals surface area contributed by atoms with E-state index in [0.717, 1.165) is 45.3 Å². The normalized spacial score (nSPS) is 12.6. The summed E-state index contributed by atoms with van der Waals surface area (Å²) in [5, 5.41) is 17.6. The summed E-state index contributed by atoms with van der Waals surface area (Å²) in [6.45, 7) is 30.4. The number of fused-ring (bicyclic) bond motifs is 2. The number of alkyl halides is 3. The molecule has 1 N–H and O–H groups in total. The third kappa shape index (κ3) is 15.2. The number of aliphatic hydroxyl groups excluding tert-OH is 1. The maximum Gasteiger partial charge on any atom is 0.389 e. The molecular weight excluding hydrogens is 1030 g/mol. The van der Waals surface area contributed by atoms with Gasteiger partial charge < -0.3 is 15.1 Å². The molecule has 2 heterocycles. The number of nitrogens with zero attached hydrogens (tertiary/aromatic N) is 2. The van der Waals surface area contributed by atoms with E-state index in [9.17, 15) is 23.1 Å². The molecule has 4 aromatic carbocycles. The van der Waals surface area contributed by atoms with Crippen molar-refractivity contribution >= 4 is 53.8 Å². The Morgan fingerprint density at radius 3 is 1.49 bits per heavy atom. The molecule has 6 aromatic rings. The zero-order valence-corrected chi connectivity index (χ0v) is 45.3. The Morgan fingerprint density at radius 1 is 0.677 bits per heavy atom. The van der Waals surface area contributed by atoms with Crippen LogP contribution in [0.25, 0.3) is 44.1 Å². The van der Waals surface area contributed by atoms with Gasteiger partial charge in [-0.05, 0) is 69.9 Å². The van der Waals surface area contributed by atoms with E-state index in [1.807, 2.05) is 26.2 Å². The van der Waals surface area contributed by atoms with E-state index in [0.29, 0.717) is 12.8 Å². The SMILES string of the molecule is CCC(CC)C(=O)/C=C(\O)C(CC)CC(F)(F)F.Cc1[c-]c(-c2nccc3cc([Si](C)(C)C(C)C)ccc23)cc(C)c1.Cc1[c-]c(-c2nccc3cc([Si](C)(C)C)ccc23)cc(C)c1.[Ir]. The number of rotatable bonds is 12. The first-order valence-electron chi connectivity index (χ1n) is 22.7. The van der Waals surface area contributed by atoms with Crippen molar-refractivity contribution < 1.29 is 43.2 Å². The Labute approximate surface area is 403 Å². The Bertz CT molecular complexity index is 2540. The molecule has 0 bridgehead atoms. The average Bonchev–Trinajstić information content (AvgIpc) is 3.21. The number of pyridine rings is 2. The van der Waals surface area contributed by atoms with Gasteiger partial charge >= 0.3 is 6.18 Å². The van der Waals surface area contributed by atoms with Crippen LogP contribution in [0.5, 0.6) is 0 Å². The number of aryl methyl sites for hydroxylation is 4. The van der Waals surface area contributed by atoms with Crippen molar-refractivity contribution in [1.29, 1.82) is 0 Å². The molecule has 0 aliphatic rings. The molecule has 1 radical (unpaired) electrons. The second-order valence-electron chi connectivity index (χ2n) is 19.2. The van der Waals surface area contributed by atoms with E-state index in [1.54, 1.807) is 6.92 Å². The van der Waals surface area contributed by atoms with Crippen molar-refractivity contribution in [2.24, 2.45) is 11.8 Å². The number of aromatic nitrogens is 2. The number of halogens is 3. The molecule has 1 unspecified atom stereocenters. The number of aliphatic hydroxyl groups is 1. The molecular formula is C55H69F3IrN2O2Si2-2. The van der Waals surface area contributed by atoms with Crippen molar-refractivity contribution in [3.05, 3.63) is 131 Å². The summed E-state index contributed by atoms with van der Waals surface area (Å²) in [5.41, 5.74) is 9.80. The van der Waals surface area contributed by atoms with Crippen molar-refractivity contribution in [3.63, 3.8) is 0 Å². The minimum Gasteiger partial charge on any atom is -0.512 e. The molecule has 0 saturated carbocycles. The summed E-state index contributed by atoms with van der Waals surface area (Å²) in [4.78, 5) is 21.0. The van der Waals surface area contributed by atoms with Crippen LogP contribution in [-0.4, -0.2) is 43.2 Å². The summed E-state index contributed by atoms with van der Waals surface area (Å²) in [5.74, 6) is -2.00. The fraction of sp³-hybridized carbons (Fsp3) is 0.400. The van der Waals surface area contributed by atoms with Gasteiger partial charge in [-0.3, -0.25) is 4.79 Å². The fourth-order valence-corrected chi connectivity index (χ4v) is 10.7. The molecule has 0 saturated heterocycles. The molecule has 4 nitrogen and oxygen atoms in total. The summed E-state index contributed by atoms with van der Waals surface area (Å²) in [6.07, 6.45) is 0.774. The van der Waals surface area contributed by atoms with E-state index < -0.39 is 40.4 Å². The number of carbonyl (C=O) groups is 1. The smallest absolute Gasteiger partial charge is 0.389 e. The van der Waals surface area contributed by atoms with E-state index in [2.05, 4.69) is 169 Å². The molecule has 0 spiro atoms. The van der Waals surface area contributed by atoms with E-state index >= 15 is 0 Å². The largest absolute Gasteiger partial charge is 0.512 e. The minimum absolute atomic E-state index is 0. The number of hydrogen-bond donors (Lipinski definition) is 1. The van der Waals surface area contributed by atoms with Crippen LogP contribution in [0.1, 0.15) is 82.6 Å². The summed E-state index contributed by atoms with van der Waals surface area (Å²) in [7, 11) is -2.71. The number of hydrogen-bond acceptors (Lipinski definition) is 4. The van der Waals surface area contributed by atoms with Crippen LogP contribution in [-0.2, 0) is 24.9 Å². The van der Waals surface area contributed by atoms with Crippen LogP contribution in [0.15, 0.2) is 97.0 Å². The van der Waals surface area contributed by atoms with Crippen LogP contribution >= 0.6 is 0 Å². The van der Waals surface area contributed by atoms with Gasteiger partial charge in [-0.25, -0.2) is 0 Å². The molecule has 0 amide bonds. The minimum atomic E-state index is -4.33. The van der Waals surface area contributed by atoms with E-state index in [-0.39, 0.29) is 38.2 Å². The number of ketones is 1. The summed E-state index contributed by atoms with van der Waals surface area (Å²) < 4.78 is 36.8. The number of benzene rings is 4. The standard InChI is InChI=1S/C22H26NSi.C20H22NSi.C13H21F3O2.Ir/c1-15(2)24(5,6)20-7-8-21-18(14-20)9-10-23-22(21)19-12-16(3)11-17(4)13-19;1-14-10-15(2)12-17(11-14)20-19-7-6-18(22(3,4)5)13-16(19)8-9-21-20;1-4-9(5-2)11(17)7-12(18)10(6-3)8-13(14,15)16;/h7-12,14-15H,1-6H3;6-11,13H,1-5H3;7,9-10,18H,4-6,8H2,1-3H3;/q2*-1;;/b;;12-7-;. The van der Waals surface area contributed by atoms with E-state index in [4.69, 9.17) is 0 Å². The van der Waals surface area contributed by atoms with E-state index in [1.165, 1.54) is 43.0 Å². The maximum absolute atomic E-state index is 12.3. The fourth-order valence-electron chi connectivity index (χ4n) is 7.84. The first-order valence-corrected chi connectivity index (χ1v) is 29.3. The molecule has 0 aliphatic carbocycles.